The van der Waals surface area contributed by atoms with Gasteiger partial charge in [-0.15, -0.1) is 0 Å². The summed E-state index contributed by atoms with van der Waals surface area (Å²) < 4.78 is 23.4. The summed E-state index contributed by atoms with van der Waals surface area (Å²) in [4.78, 5) is 3.87. The number of nitrogens with zero attached hydrogens (tertiary/aromatic N) is 1. The maximum absolute atomic E-state index is 11.2. The summed E-state index contributed by atoms with van der Waals surface area (Å²) >= 11 is 5.71. The summed E-state index contributed by atoms with van der Waals surface area (Å²) in [5, 5.41) is 0.281. The Morgan fingerprint density at radius 3 is 2.79 bits per heavy atom. The van der Waals surface area contributed by atoms with Gasteiger partial charge >= 0.3 is 0 Å². The molecule has 1 heterocycles. The molecule has 0 aliphatic rings. The SMILES string of the molecule is COc1cc(CS(C)(=N)=O)cc(Cl)n1. The van der Waals surface area contributed by atoms with E-state index in [9.17, 15) is 4.21 Å². The summed E-state index contributed by atoms with van der Waals surface area (Å²) in [7, 11) is -1.08. The van der Waals surface area contributed by atoms with Crippen molar-refractivity contribution in [3.63, 3.8) is 0 Å². The number of pyridine rings is 1. The monoisotopic (exact) mass is 234 g/mol. The summed E-state index contributed by atoms with van der Waals surface area (Å²) in [5.41, 5.74) is 0.698. The van der Waals surface area contributed by atoms with Gasteiger partial charge in [0.1, 0.15) is 5.15 Å². The molecule has 1 aromatic heterocycles. The molecule has 4 nitrogen and oxygen atoms in total. The Balaban J connectivity index is 3.04. The highest BCUT2D eigenvalue weighted by atomic mass is 35.5. The number of halogens is 1. The number of nitrogens with one attached hydrogen (secondary N) is 1. The maximum Gasteiger partial charge on any atom is 0.214 e. The molecule has 0 aromatic carbocycles. The molecule has 0 aliphatic heterocycles. The quantitative estimate of drug-likeness (QED) is 0.813. The lowest BCUT2D eigenvalue weighted by Gasteiger charge is -2.04. The molecule has 1 aromatic rings. The molecular formula is C8H11ClN2O2S. The first-order valence-corrected chi connectivity index (χ1v) is 6.34. The third-order valence-corrected chi connectivity index (χ3v) is 2.56. The van der Waals surface area contributed by atoms with Crippen molar-refractivity contribution in [2.75, 3.05) is 13.4 Å². The van der Waals surface area contributed by atoms with E-state index in [1.807, 2.05) is 0 Å². The second-order valence-corrected chi connectivity index (χ2v) is 5.68. The largest absolute Gasteiger partial charge is 0.481 e. The lowest BCUT2D eigenvalue weighted by atomic mass is 10.3. The lowest BCUT2D eigenvalue weighted by Crippen LogP contribution is -2.00. The molecule has 1 rings (SSSR count). The van der Waals surface area contributed by atoms with Gasteiger partial charge in [-0.25, -0.2) is 9.19 Å². The Hall–Kier alpha value is -0.810. The van der Waals surface area contributed by atoms with E-state index in [1.165, 1.54) is 13.4 Å². The van der Waals surface area contributed by atoms with Crippen molar-refractivity contribution in [2.45, 2.75) is 5.75 Å². The molecule has 0 saturated heterocycles. The van der Waals surface area contributed by atoms with Crippen molar-refractivity contribution in [1.29, 1.82) is 4.78 Å². The second-order valence-electron chi connectivity index (χ2n) is 2.99. The lowest BCUT2D eigenvalue weighted by molar-refractivity contribution is 0.397. The highest BCUT2D eigenvalue weighted by molar-refractivity contribution is 7.90. The van der Waals surface area contributed by atoms with Crippen LogP contribution in [0.5, 0.6) is 5.88 Å². The van der Waals surface area contributed by atoms with Crippen LogP contribution < -0.4 is 4.74 Å². The van der Waals surface area contributed by atoms with Gasteiger partial charge in [0.2, 0.25) is 5.88 Å². The highest BCUT2D eigenvalue weighted by Crippen LogP contribution is 2.17. The van der Waals surface area contributed by atoms with E-state index in [2.05, 4.69) is 4.98 Å². The van der Waals surface area contributed by atoms with E-state index in [-0.39, 0.29) is 10.9 Å². The van der Waals surface area contributed by atoms with Crippen molar-refractivity contribution < 1.29 is 8.95 Å². The van der Waals surface area contributed by atoms with Gasteiger partial charge in [0.15, 0.2) is 0 Å². The van der Waals surface area contributed by atoms with Crippen LogP contribution in [0.3, 0.4) is 0 Å². The number of ether oxygens (including phenoxy) is 1. The Morgan fingerprint density at radius 2 is 2.29 bits per heavy atom. The van der Waals surface area contributed by atoms with Crippen LogP contribution in [-0.4, -0.2) is 22.6 Å². The summed E-state index contributed by atoms with van der Waals surface area (Å²) in [6, 6.07) is 3.21. The first kappa shape index (κ1) is 11.3. The fraction of sp³-hybridized carbons (Fsp3) is 0.375. The number of hydrogen-bond donors (Lipinski definition) is 1. The Bertz CT molecular complexity index is 431. The molecule has 0 bridgehead atoms. The number of methoxy groups -OCH3 is 1. The normalized spacial score (nSPS) is 14.8. The van der Waals surface area contributed by atoms with Gasteiger partial charge in [0.05, 0.1) is 12.9 Å². The predicted molar refractivity (Wildman–Crippen MR) is 56.3 cm³/mol. The van der Waals surface area contributed by atoms with E-state index < -0.39 is 9.73 Å². The molecule has 0 radical (unpaired) electrons. The fourth-order valence-corrected chi connectivity index (χ4v) is 2.06. The van der Waals surface area contributed by atoms with Crippen molar-refractivity contribution in [3.05, 3.63) is 22.8 Å². The molecule has 1 N–H and O–H groups in total. The Morgan fingerprint density at radius 1 is 1.64 bits per heavy atom. The van der Waals surface area contributed by atoms with Crippen LogP contribution in [0.25, 0.3) is 0 Å². The topological polar surface area (TPSA) is 63.0 Å². The molecule has 14 heavy (non-hydrogen) atoms. The molecule has 1 unspecified atom stereocenters. The van der Waals surface area contributed by atoms with E-state index in [4.69, 9.17) is 21.1 Å². The molecule has 0 fully saturated rings. The van der Waals surface area contributed by atoms with Gasteiger partial charge < -0.3 is 4.74 Å². The second kappa shape index (κ2) is 4.14. The highest BCUT2D eigenvalue weighted by Gasteiger charge is 2.05. The van der Waals surface area contributed by atoms with Crippen LogP contribution in [-0.2, 0) is 15.5 Å². The van der Waals surface area contributed by atoms with Gasteiger partial charge in [0.25, 0.3) is 0 Å². The molecule has 0 aliphatic carbocycles. The van der Waals surface area contributed by atoms with Gasteiger partial charge in [-0.1, -0.05) is 11.6 Å². The number of rotatable bonds is 3. The summed E-state index contributed by atoms with van der Waals surface area (Å²) in [6.07, 6.45) is 1.38. The van der Waals surface area contributed by atoms with E-state index in [0.29, 0.717) is 11.4 Å². The minimum absolute atomic E-state index is 0.158. The average molecular weight is 235 g/mol. The molecule has 0 saturated carbocycles. The van der Waals surface area contributed by atoms with Gasteiger partial charge in [-0.3, -0.25) is 4.78 Å². The zero-order valence-corrected chi connectivity index (χ0v) is 9.48. The van der Waals surface area contributed by atoms with Crippen LogP contribution in [0.15, 0.2) is 12.1 Å². The molecule has 0 spiro atoms. The molecular weight excluding hydrogens is 224 g/mol. The molecule has 1 atom stereocenters. The first-order valence-electron chi connectivity index (χ1n) is 3.82. The van der Waals surface area contributed by atoms with Crippen LogP contribution in [0, 0.1) is 4.78 Å². The van der Waals surface area contributed by atoms with E-state index in [1.54, 1.807) is 12.1 Å². The predicted octanol–water partition coefficient (Wildman–Crippen LogP) is 1.92. The van der Waals surface area contributed by atoms with Gasteiger partial charge in [-0.2, -0.15) is 0 Å². The third kappa shape index (κ3) is 3.51. The number of aromatic nitrogens is 1. The Labute approximate surface area is 88.2 Å². The molecule has 6 heteroatoms. The Kier molecular flexibility index (Phi) is 3.34. The third-order valence-electron chi connectivity index (χ3n) is 1.48. The molecule has 0 amide bonds. The van der Waals surface area contributed by atoms with Crippen LogP contribution in [0.4, 0.5) is 0 Å². The minimum Gasteiger partial charge on any atom is -0.481 e. The zero-order chi connectivity index (χ0) is 10.8. The number of hydrogen-bond acceptors (Lipinski definition) is 4. The average Bonchev–Trinajstić information content (AvgIpc) is 1.99. The van der Waals surface area contributed by atoms with Gasteiger partial charge in [-0.05, 0) is 11.6 Å². The maximum atomic E-state index is 11.2. The van der Waals surface area contributed by atoms with E-state index in [0.717, 1.165) is 0 Å². The van der Waals surface area contributed by atoms with Crippen molar-refractivity contribution in [3.8, 4) is 5.88 Å². The van der Waals surface area contributed by atoms with Crippen molar-refractivity contribution in [1.82, 2.24) is 4.98 Å². The standard InChI is InChI=1S/C8H11ClN2O2S/c1-13-8-4-6(3-7(9)11-8)5-14(2,10)12/h3-4,10H,5H2,1-2H3. The fourth-order valence-electron chi connectivity index (χ4n) is 1.03. The molecule has 78 valence electrons. The van der Waals surface area contributed by atoms with Crippen LogP contribution in [0.1, 0.15) is 5.56 Å². The summed E-state index contributed by atoms with van der Waals surface area (Å²) in [6.45, 7) is 0. The van der Waals surface area contributed by atoms with Crippen LogP contribution >= 0.6 is 11.6 Å². The zero-order valence-electron chi connectivity index (χ0n) is 7.91. The van der Waals surface area contributed by atoms with Crippen LogP contribution in [0.2, 0.25) is 5.15 Å². The van der Waals surface area contributed by atoms with Crippen molar-refractivity contribution in [2.24, 2.45) is 0 Å². The van der Waals surface area contributed by atoms with E-state index >= 15 is 0 Å². The minimum atomic E-state index is -2.56. The van der Waals surface area contributed by atoms with Gasteiger partial charge in [0, 0.05) is 22.1 Å². The van der Waals surface area contributed by atoms with Crippen molar-refractivity contribution >= 4 is 21.3 Å². The smallest absolute Gasteiger partial charge is 0.214 e. The first-order chi connectivity index (χ1) is 6.40. The summed E-state index contributed by atoms with van der Waals surface area (Å²) in [5.74, 6) is 0.530.